The van der Waals surface area contributed by atoms with Crippen molar-refractivity contribution in [2.45, 2.75) is 19.5 Å². The molecule has 0 radical (unpaired) electrons. The van der Waals surface area contributed by atoms with Crippen molar-refractivity contribution in [3.63, 3.8) is 0 Å². The molecule has 5 N–H and O–H groups in total. The van der Waals surface area contributed by atoms with Crippen LogP contribution < -0.4 is 10.6 Å². The highest BCUT2D eigenvalue weighted by molar-refractivity contribution is 6.31. The quantitative estimate of drug-likeness (QED) is 0.214. The highest BCUT2D eigenvalue weighted by Crippen LogP contribution is 2.33. The van der Waals surface area contributed by atoms with Crippen LogP contribution in [0.4, 0.5) is 4.39 Å². The topological polar surface area (TPSA) is 106 Å². The number of aliphatic hydroxyl groups excluding tert-OH is 1. The molecule has 182 valence electrons. The predicted molar refractivity (Wildman–Crippen MR) is 135 cm³/mol. The highest BCUT2D eigenvalue weighted by atomic mass is 35.5. The fourth-order valence-corrected chi connectivity index (χ4v) is 4.15. The molecule has 0 aliphatic heterocycles. The molecule has 0 aliphatic carbocycles. The molecule has 4 rings (SSSR count). The van der Waals surface area contributed by atoms with Gasteiger partial charge in [0.1, 0.15) is 17.2 Å². The lowest BCUT2D eigenvalue weighted by Crippen LogP contribution is -2.31. The molecule has 10 heteroatoms. The Morgan fingerprint density at radius 3 is 2.66 bits per heavy atom. The number of H-pyrrole nitrogens is 2. The average Bonchev–Trinajstić information content (AvgIpc) is 3.53. The molecule has 0 saturated carbocycles. The molecule has 0 fully saturated rings. The van der Waals surface area contributed by atoms with Crippen LogP contribution in [0.25, 0.3) is 22.4 Å². The minimum atomic E-state index is -0.754. The van der Waals surface area contributed by atoms with E-state index in [4.69, 9.17) is 23.2 Å². The molecule has 1 atom stereocenters. The van der Waals surface area contributed by atoms with E-state index in [2.05, 4.69) is 25.8 Å². The van der Waals surface area contributed by atoms with Crippen molar-refractivity contribution < 1.29 is 14.3 Å². The summed E-state index contributed by atoms with van der Waals surface area (Å²) >= 11 is 12.3. The number of aromatic amines is 2. The number of amides is 1. The fourth-order valence-electron chi connectivity index (χ4n) is 3.71. The van der Waals surface area contributed by atoms with E-state index < -0.39 is 17.8 Å². The van der Waals surface area contributed by atoms with Gasteiger partial charge in [-0.2, -0.15) is 5.10 Å². The van der Waals surface area contributed by atoms with Crippen LogP contribution >= 0.6 is 23.2 Å². The van der Waals surface area contributed by atoms with Gasteiger partial charge in [-0.25, -0.2) is 4.39 Å². The van der Waals surface area contributed by atoms with Crippen LogP contribution in [0.3, 0.4) is 0 Å². The number of carbonyl (C=O) groups excluding carboxylic acids is 1. The number of benzene rings is 2. The Labute approximate surface area is 211 Å². The van der Waals surface area contributed by atoms with Gasteiger partial charge in [0.15, 0.2) is 0 Å². The molecule has 4 aromatic rings. The minimum absolute atomic E-state index is 0.0850. The van der Waals surface area contributed by atoms with Gasteiger partial charge in [0.05, 0.1) is 17.7 Å². The van der Waals surface area contributed by atoms with Gasteiger partial charge in [0.25, 0.3) is 5.91 Å². The summed E-state index contributed by atoms with van der Waals surface area (Å²) in [6.45, 7) is 3.19. The minimum Gasteiger partial charge on any atom is -0.394 e. The molecule has 0 spiro atoms. The highest BCUT2D eigenvalue weighted by Gasteiger charge is 2.19. The summed E-state index contributed by atoms with van der Waals surface area (Å²) in [6.07, 6.45) is 3.45. The van der Waals surface area contributed by atoms with Gasteiger partial charge >= 0.3 is 0 Å². The van der Waals surface area contributed by atoms with Crippen LogP contribution in [-0.2, 0) is 6.54 Å². The van der Waals surface area contributed by atoms with Crippen molar-refractivity contribution in [1.82, 2.24) is 25.8 Å². The Morgan fingerprint density at radius 1 is 1.11 bits per heavy atom. The van der Waals surface area contributed by atoms with Crippen molar-refractivity contribution in [3.8, 4) is 22.4 Å². The monoisotopic (exact) mass is 515 g/mol. The van der Waals surface area contributed by atoms with E-state index in [1.807, 2.05) is 25.1 Å². The van der Waals surface area contributed by atoms with Gasteiger partial charge in [0, 0.05) is 35.1 Å². The molecule has 2 heterocycles. The Kier molecular flexibility index (Phi) is 7.87. The first-order chi connectivity index (χ1) is 16.9. The standard InChI is InChI=1S/C25H24Cl2FN5O2/c1-2-29-10-16-4-3-14(7-19(16)26)18-12-31-33-24(18)17-9-22(30-11-17)25(35)32-23(13-34)15-5-6-21(28)20(27)8-15/h3-9,11-12,23,29-30,34H,2,10,13H2,1H3,(H,31,33)(H,32,35)/t23-/m1/s1. The molecule has 7 nitrogen and oxygen atoms in total. The normalized spacial score (nSPS) is 12.0. The largest absolute Gasteiger partial charge is 0.394 e. The van der Waals surface area contributed by atoms with E-state index in [9.17, 15) is 14.3 Å². The molecule has 0 bridgehead atoms. The van der Waals surface area contributed by atoms with Crippen LogP contribution in [0.15, 0.2) is 54.9 Å². The van der Waals surface area contributed by atoms with Crippen LogP contribution in [0, 0.1) is 5.82 Å². The van der Waals surface area contributed by atoms with Crippen LogP contribution in [0.5, 0.6) is 0 Å². The van der Waals surface area contributed by atoms with E-state index in [0.717, 1.165) is 23.2 Å². The number of aromatic nitrogens is 3. The number of nitrogens with one attached hydrogen (secondary N) is 4. The number of hydrogen-bond donors (Lipinski definition) is 5. The Bertz CT molecular complexity index is 1340. The van der Waals surface area contributed by atoms with Gasteiger partial charge in [-0.15, -0.1) is 0 Å². The number of nitrogens with zero attached hydrogens (tertiary/aromatic N) is 1. The lowest BCUT2D eigenvalue weighted by molar-refractivity contribution is 0.0911. The lowest BCUT2D eigenvalue weighted by Gasteiger charge is -2.16. The second-order valence-electron chi connectivity index (χ2n) is 7.92. The SMILES string of the molecule is CCNCc1ccc(-c2c[nH]nc2-c2c[nH]c(C(=O)N[C@H](CO)c3ccc(F)c(Cl)c3)c2)cc1Cl. The summed E-state index contributed by atoms with van der Waals surface area (Å²) in [4.78, 5) is 15.8. The fraction of sp³-hybridized carbons (Fsp3) is 0.200. The smallest absolute Gasteiger partial charge is 0.268 e. The Hall–Kier alpha value is -3.17. The zero-order chi connectivity index (χ0) is 24.9. The maximum Gasteiger partial charge on any atom is 0.268 e. The summed E-state index contributed by atoms with van der Waals surface area (Å²) < 4.78 is 13.5. The van der Waals surface area contributed by atoms with E-state index in [1.54, 1.807) is 18.5 Å². The third-order valence-electron chi connectivity index (χ3n) is 5.60. The van der Waals surface area contributed by atoms with E-state index in [1.165, 1.54) is 18.2 Å². The van der Waals surface area contributed by atoms with Crippen molar-refractivity contribution in [2.75, 3.05) is 13.2 Å². The van der Waals surface area contributed by atoms with E-state index in [-0.39, 0.29) is 17.3 Å². The van der Waals surface area contributed by atoms with E-state index >= 15 is 0 Å². The molecule has 2 aromatic carbocycles. The van der Waals surface area contributed by atoms with Crippen molar-refractivity contribution >= 4 is 29.1 Å². The van der Waals surface area contributed by atoms with Gasteiger partial charge in [0.2, 0.25) is 0 Å². The van der Waals surface area contributed by atoms with Crippen molar-refractivity contribution in [2.24, 2.45) is 0 Å². The predicted octanol–water partition coefficient (Wildman–Crippen LogP) is 5.09. The van der Waals surface area contributed by atoms with Crippen LogP contribution in [0.1, 0.15) is 34.6 Å². The first-order valence-corrected chi connectivity index (χ1v) is 11.8. The van der Waals surface area contributed by atoms with Gasteiger partial charge < -0.3 is 20.7 Å². The summed E-state index contributed by atoms with van der Waals surface area (Å²) in [6, 6.07) is 10.8. The Morgan fingerprint density at radius 2 is 1.94 bits per heavy atom. The summed E-state index contributed by atoms with van der Waals surface area (Å²) in [5.74, 6) is -1.01. The molecule has 2 aromatic heterocycles. The zero-order valence-electron chi connectivity index (χ0n) is 18.8. The number of hydrogen-bond acceptors (Lipinski definition) is 4. The number of aliphatic hydroxyl groups is 1. The van der Waals surface area contributed by atoms with Crippen molar-refractivity contribution in [3.05, 3.63) is 87.5 Å². The maximum absolute atomic E-state index is 13.5. The van der Waals surface area contributed by atoms with Crippen LogP contribution in [-0.4, -0.2) is 39.3 Å². The van der Waals surface area contributed by atoms with Gasteiger partial charge in [-0.1, -0.05) is 48.3 Å². The molecule has 35 heavy (non-hydrogen) atoms. The Balaban J connectivity index is 1.53. The molecule has 0 aliphatic rings. The van der Waals surface area contributed by atoms with E-state index in [0.29, 0.717) is 28.4 Å². The second kappa shape index (κ2) is 11.0. The summed E-state index contributed by atoms with van der Waals surface area (Å²) in [5.41, 5.74) is 4.85. The number of halogens is 3. The first kappa shape index (κ1) is 24.9. The molecule has 0 saturated heterocycles. The zero-order valence-corrected chi connectivity index (χ0v) is 20.3. The van der Waals surface area contributed by atoms with Gasteiger partial charge in [-0.3, -0.25) is 9.89 Å². The molecule has 0 unspecified atom stereocenters. The summed E-state index contributed by atoms with van der Waals surface area (Å²) in [7, 11) is 0. The second-order valence-corrected chi connectivity index (χ2v) is 8.73. The number of carbonyl (C=O) groups is 1. The van der Waals surface area contributed by atoms with Gasteiger partial charge in [-0.05, 0) is 47.5 Å². The third-order valence-corrected chi connectivity index (χ3v) is 6.25. The summed E-state index contributed by atoms with van der Waals surface area (Å²) in [5, 5.41) is 23.5. The molecular formula is C25H24Cl2FN5O2. The van der Waals surface area contributed by atoms with Crippen molar-refractivity contribution in [1.29, 1.82) is 0 Å². The lowest BCUT2D eigenvalue weighted by atomic mass is 10.0. The van der Waals surface area contributed by atoms with Crippen LogP contribution in [0.2, 0.25) is 10.0 Å². The molecule has 1 amide bonds. The maximum atomic E-state index is 13.5. The third kappa shape index (κ3) is 5.57. The number of rotatable bonds is 9. The molecular weight excluding hydrogens is 492 g/mol. The average molecular weight is 516 g/mol. The first-order valence-electron chi connectivity index (χ1n) is 11.0.